The number of hydrogen-bond donors (Lipinski definition) is 1. The highest BCUT2D eigenvalue weighted by molar-refractivity contribution is 5.94. The van der Waals surface area contributed by atoms with Crippen molar-refractivity contribution >= 4 is 5.91 Å². The van der Waals surface area contributed by atoms with Crippen LogP contribution in [-0.2, 0) is 0 Å². The van der Waals surface area contributed by atoms with E-state index >= 15 is 0 Å². The molecule has 1 fully saturated rings. The smallest absolute Gasteiger partial charge is 0.257 e. The Labute approximate surface area is 111 Å². The third-order valence-electron chi connectivity index (χ3n) is 3.36. The first-order chi connectivity index (χ1) is 9.13. The molecule has 1 amide bonds. The number of carbonyl (C=O) groups excluding carboxylic acids is 1. The maximum atomic E-state index is 13.7. The van der Waals surface area contributed by atoms with E-state index in [2.05, 4.69) is 5.32 Å². The standard InChI is InChI=1S/C14H18F2N2O/c1-2-7-18(11-5-6-17-9-11)14(19)12-8-10(15)3-4-13(12)16/h3-4,8,11,17H,2,5-7,9H2,1H3. The molecule has 0 bridgehead atoms. The second-order valence-corrected chi connectivity index (χ2v) is 4.77. The Morgan fingerprint density at radius 1 is 1.47 bits per heavy atom. The number of amides is 1. The topological polar surface area (TPSA) is 32.3 Å². The lowest BCUT2D eigenvalue weighted by molar-refractivity contribution is 0.0687. The van der Waals surface area contributed by atoms with Gasteiger partial charge in [-0.25, -0.2) is 8.78 Å². The van der Waals surface area contributed by atoms with Crippen LogP contribution < -0.4 is 5.32 Å². The zero-order valence-corrected chi connectivity index (χ0v) is 11.0. The highest BCUT2D eigenvalue weighted by Crippen LogP contribution is 2.17. The van der Waals surface area contributed by atoms with E-state index in [0.29, 0.717) is 13.1 Å². The monoisotopic (exact) mass is 268 g/mol. The molecule has 1 unspecified atom stereocenters. The Kier molecular flexibility index (Phi) is 4.47. The fourth-order valence-electron chi connectivity index (χ4n) is 2.41. The van der Waals surface area contributed by atoms with Crippen molar-refractivity contribution in [3.05, 3.63) is 35.4 Å². The lowest BCUT2D eigenvalue weighted by Gasteiger charge is -2.28. The van der Waals surface area contributed by atoms with Gasteiger partial charge in [-0.3, -0.25) is 4.79 Å². The molecule has 2 rings (SSSR count). The van der Waals surface area contributed by atoms with Gasteiger partial charge in [-0.2, -0.15) is 0 Å². The maximum absolute atomic E-state index is 13.7. The first-order valence-electron chi connectivity index (χ1n) is 6.60. The molecule has 1 aromatic rings. The number of carbonyl (C=O) groups is 1. The third kappa shape index (κ3) is 3.10. The van der Waals surface area contributed by atoms with Crippen LogP contribution in [0.25, 0.3) is 0 Å². The summed E-state index contributed by atoms with van der Waals surface area (Å²) in [6, 6.07) is 3.06. The molecule has 0 saturated carbocycles. The Morgan fingerprint density at radius 2 is 2.26 bits per heavy atom. The summed E-state index contributed by atoms with van der Waals surface area (Å²) < 4.78 is 26.9. The van der Waals surface area contributed by atoms with Crippen molar-refractivity contribution in [2.24, 2.45) is 0 Å². The van der Waals surface area contributed by atoms with Crippen LogP contribution in [0.15, 0.2) is 18.2 Å². The van der Waals surface area contributed by atoms with Crippen LogP contribution in [0.5, 0.6) is 0 Å². The van der Waals surface area contributed by atoms with Crippen molar-refractivity contribution < 1.29 is 13.6 Å². The van der Waals surface area contributed by atoms with Gasteiger partial charge in [-0.1, -0.05) is 6.92 Å². The highest BCUT2D eigenvalue weighted by atomic mass is 19.1. The average Bonchev–Trinajstić information content (AvgIpc) is 2.92. The fraction of sp³-hybridized carbons (Fsp3) is 0.500. The summed E-state index contributed by atoms with van der Waals surface area (Å²) in [5.74, 6) is -1.68. The number of halogens is 2. The number of nitrogens with one attached hydrogen (secondary N) is 1. The van der Waals surface area contributed by atoms with Gasteiger partial charge in [-0.15, -0.1) is 0 Å². The van der Waals surface area contributed by atoms with Crippen molar-refractivity contribution in [2.45, 2.75) is 25.8 Å². The van der Waals surface area contributed by atoms with Gasteiger partial charge < -0.3 is 10.2 Å². The predicted octanol–water partition coefficient (Wildman–Crippen LogP) is 2.18. The van der Waals surface area contributed by atoms with E-state index in [1.165, 1.54) is 0 Å². The van der Waals surface area contributed by atoms with E-state index in [1.54, 1.807) is 4.90 Å². The molecule has 1 aliphatic heterocycles. The lowest BCUT2D eigenvalue weighted by atomic mass is 10.1. The zero-order chi connectivity index (χ0) is 13.8. The molecule has 0 radical (unpaired) electrons. The molecule has 1 N–H and O–H groups in total. The second kappa shape index (κ2) is 6.10. The summed E-state index contributed by atoms with van der Waals surface area (Å²) in [7, 11) is 0. The normalized spacial score (nSPS) is 18.6. The molecule has 1 aromatic carbocycles. The minimum absolute atomic E-state index is 0.0649. The molecule has 1 atom stereocenters. The van der Waals surface area contributed by atoms with Gasteiger partial charge in [-0.05, 0) is 37.6 Å². The maximum Gasteiger partial charge on any atom is 0.257 e. The number of rotatable bonds is 4. The molecule has 1 heterocycles. The first-order valence-corrected chi connectivity index (χ1v) is 6.60. The summed E-state index contributed by atoms with van der Waals surface area (Å²) in [4.78, 5) is 14.0. The summed E-state index contributed by atoms with van der Waals surface area (Å²) in [5.41, 5.74) is -0.180. The molecular weight excluding hydrogens is 250 g/mol. The van der Waals surface area contributed by atoms with Crippen LogP contribution in [0.4, 0.5) is 8.78 Å². The Bertz CT molecular complexity index is 459. The number of hydrogen-bond acceptors (Lipinski definition) is 2. The molecule has 0 aliphatic carbocycles. The van der Waals surface area contributed by atoms with Gasteiger partial charge in [0.1, 0.15) is 11.6 Å². The van der Waals surface area contributed by atoms with Crippen molar-refractivity contribution in [1.29, 1.82) is 0 Å². The van der Waals surface area contributed by atoms with Gasteiger partial charge in [0.15, 0.2) is 0 Å². The molecular formula is C14H18F2N2O. The van der Waals surface area contributed by atoms with Crippen LogP contribution in [0.2, 0.25) is 0 Å². The van der Waals surface area contributed by atoms with Crippen molar-refractivity contribution in [3.63, 3.8) is 0 Å². The SMILES string of the molecule is CCCN(C(=O)c1cc(F)ccc1F)C1CCNC1. The second-order valence-electron chi connectivity index (χ2n) is 4.77. The largest absolute Gasteiger partial charge is 0.334 e. The van der Waals surface area contributed by atoms with Gasteiger partial charge in [0, 0.05) is 19.1 Å². The first kappa shape index (κ1) is 13.9. The van der Waals surface area contributed by atoms with Crippen LogP contribution in [0, 0.1) is 11.6 Å². The zero-order valence-electron chi connectivity index (χ0n) is 11.0. The van der Waals surface area contributed by atoms with E-state index in [0.717, 1.165) is 37.6 Å². The van der Waals surface area contributed by atoms with Gasteiger partial charge in [0.25, 0.3) is 5.91 Å². The molecule has 104 valence electrons. The van der Waals surface area contributed by atoms with Crippen LogP contribution >= 0.6 is 0 Å². The molecule has 5 heteroatoms. The van der Waals surface area contributed by atoms with Crippen LogP contribution in [0.1, 0.15) is 30.1 Å². The molecule has 0 aromatic heterocycles. The number of benzene rings is 1. The Morgan fingerprint density at radius 3 is 2.89 bits per heavy atom. The van der Waals surface area contributed by atoms with Crippen molar-refractivity contribution in [1.82, 2.24) is 10.2 Å². The predicted molar refractivity (Wildman–Crippen MR) is 69.0 cm³/mol. The van der Waals surface area contributed by atoms with Crippen molar-refractivity contribution in [2.75, 3.05) is 19.6 Å². The molecule has 1 aliphatic rings. The minimum atomic E-state index is -0.668. The number of nitrogens with zero attached hydrogens (tertiary/aromatic N) is 1. The molecule has 0 spiro atoms. The van der Waals surface area contributed by atoms with Crippen molar-refractivity contribution in [3.8, 4) is 0 Å². The molecule has 3 nitrogen and oxygen atoms in total. The van der Waals surface area contributed by atoms with E-state index in [4.69, 9.17) is 0 Å². The van der Waals surface area contributed by atoms with E-state index < -0.39 is 17.5 Å². The third-order valence-corrected chi connectivity index (χ3v) is 3.36. The minimum Gasteiger partial charge on any atom is -0.334 e. The van der Waals surface area contributed by atoms with Crippen LogP contribution in [0.3, 0.4) is 0 Å². The fourth-order valence-corrected chi connectivity index (χ4v) is 2.41. The van der Waals surface area contributed by atoms with Gasteiger partial charge in [0.05, 0.1) is 5.56 Å². The quantitative estimate of drug-likeness (QED) is 0.907. The lowest BCUT2D eigenvalue weighted by Crippen LogP contribution is -2.42. The van der Waals surface area contributed by atoms with E-state index in [9.17, 15) is 13.6 Å². The van der Waals surface area contributed by atoms with Gasteiger partial charge >= 0.3 is 0 Å². The average molecular weight is 268 g/mol. The Hall–Kier alpha value is -1.49. The molecule has 1 saturated heterocycles. The van der Waals surface area contributed by atoms with Crippen LogP contribution in [-0.4, -0.2) is 36.5 Å². The summed E-state index contributed by atoms with van der Waals surface area (Å²) in [6.45, 7) is 4.08. The summed E-state index contributed by atoms with van der Waals surface area (Å²) >= 11 is 0. The Balaban J connectivity index is 2.25. The molecule has 19 heavy (non-hydrogen) atoms. The van der Waals surface area contributed by atoms with E-state index in [-0.39, 0.29) is 11.6 Å². The summed E-state index contributed by atoms with van der Waals surface area (Å²) in [5, 5.41) is 3.18. The highest BCUT2D eigenvalue weighted by Gasteiger charge is 2.28. The van der Waals surface area contributed by atoms with E-state index in [1.807, 2.05) is 6.92 Å². The summed E-state index contributed by atoms with van der Waals surface area (Å²) in [6.07, 6.45) is 1.64. The van der Waals surface area contributed by atoms with Gasteiger partial charge in [0.2, 0.25) is 0 Å².